The number of amides is 2. The average Bonchev–Trinajstić information content (AvgIpc) is 2.20. The number of nitrogens with zero attached hydrogens (tertiary/aromatic N) is 2. The normalized spacial score (nSPS) is 18.8. The van der Waals surface area contributed by atoms with Crippen LogP contribution in [-0.2, 0) is 0 Å². The molecule has 4 nitrogen and oxygen atoms in total. The second-order valence-corrected chi connectivity index (χ2v) is 2.44. The van der Waals surface area contributed by atoms with Gasteiger partial charge in [0.05, 0.1) is 0 Å². The van der Waals surface area contributed by atoms with Crippen LogP contribution >= 0.6 is 0 Å². The van der Waals surface area contributed by atoms with Gasteiger partial charge in [-0.05, 0) is 0 Å². The minimum Gasteiger partial charge on any atom is -0.326 e. The van der Waals surface area contributed by atoms with E-state index < -0.39 is 0 Å². The molecule has 4 heteroatoms. The van der Waals surface area contributed by atoms with E-state index in [4.69, 9.17) is 5.73 Å². The van der Waals surface area contributed by atoms with Crippen molar-refractivity contribution in [3.63, 3.8) is 0 Å². The molecule has 1 heterocycles. The Morgan fingerprint density at radius 1 is 1.60 bits per heavy atom. The Hall–Kier alpha value is -0.770. The molecule has 10 heavy (non-hydrogen) atoms. The molecule has 57 valence electrons. The van der Waals surface area contributed by atoms with Crippen molar-refractivity contribution in [1.82, 2.24) is 15.5 Å². The summed E-state index contributed by atoms with van der Waals surface area (Å²) in [5.74, 6) is 0. The molecule has 0 aromatic carbocycles. The zero-order valence-electron chi connectivity index (χ0n) is 6.13. The summed E-state index contributed by atoms with van der Waals surface area (Å²) in [6, 6.07) is 0.0623. The Labute approximate surface area is 60.6 Å². The van der Waals surface area contributed by atoms with Gasteiger partial charge >= 0.3 is 6.03 Å². The van der Waals surface area contributed by atoms with E-state index in [-0.39, 0.29) is 6.03 Å². The minimum absolute atomic E-state index is 0.0623. The number of rotatable bonds is 2. The first-order valence-corrected chi connectivity index (χ1v) is 3.40. The quantitative estimate of drug-likeness (QED) is 0.519. The molecule has 0 saturated carbocycles. The van der Waals surface area contributed by atoms with Crippen LogP contribution in [0.3, 0.4) is 0 Å². The first kappa shape index (κ1) is 7.34. The molecule has 2 amide bonds. The third-order valence-corrected chi connectivity index (χ3v) is 1.68. The number of carbonyl (C=O) groups is 1. The summed E-state index contributed by atoms with van der Waals surface area (Å²) in [5.41, 5.74) is 6.91. The highest BCUT2D eigenvalue weighted by Crippen LogP contribution is 2.03. The summed E-state index contributed by atoms with van der Waals surface area (Å²) in [4.78, 5) is 14.4. The van der Waals surface area contributed by atoms with Crippen LogP contribution in [0.4, 0.5) is 4.79 Å². The molecular weight excluding hydrogens is 130 g/mol. The van der Waals surface area contributed by atoms with Crippen molar-refractivity contribution in [2.75, 3.05) is 33.2 Å². The van der Waals surface area contributed by atoms with E-state index in [1.807, 2.05) is 0 Å². The van der Waals surface area contributed by atoms with Gasteiger partial charge in [-0.15, -0.1) is 0 Å². The van der Waals surface area contributed by atoms with Gasteiger partial charge in [0, 0.05) is 33.2 Å². The fourth-order valence-corrected chi connectivity index (χ4v) is 1.05. The van der Waals surface area contributed by atoms with Gasteiger partial charge in [-0.3, -0.25) is 5.73 Å². The predicted octanol–water partition coefficient (Wildman–Crippen LogP) is -0.363. The zero-order chi connectivity index (χ0) is 7.56. The summed E-state index contributed by atoms with van der Waals surface area (Å²) < 4.78 is 0. The molecule has 1 N–H and O–H groups in total. The fraction of sp³-hybridized carbons (Fsp3) is 0.833. The van der Waals surface area contributed by atoms with Crippen LogP contribution in [-0.4, -0.2) is 49.1 Å². The monoisotopic (exact) mass is 142 g/mol. The van der Waals surface area contributed by atoms with Gasteiger partial charge in [0.2, 0.25) is 0 Å². The molecule has 1 aliphatic rings. The Morgan fingerprint density at radius 3 is 2.70 bits per heavy atom. The van der Waals surface area contributed by atoms with E-state index in [1.54, 1.807) is 16.8 Å². The molecule has 0 aliphatic carbocycles. The molecule has 0 bridgehead atoms. The lowest BCUT2D eigenvalue weighted by atomic mass is 10.5. The predicted molar refractivity (Wildman–Crippen MR) is 37.6 cm³/mol. The van der Waals surface area contributed by atoms with Crippen LogP contribution < -0.4 is 5.73 Å². The first-order chi connectivity index (χ1) is 4.75. The number of hydrogen-bond donors (Lipinski definition) is 0. The van der Waals surface area contributed by atoms with E-state index in [2.05, 4.69) is 0 Å². The molecular formula is C6H12N3O. The zero-order valence-corrected chi connectivity index (χ0v) is 6.13. The fourth-order valence-electron chi connectivity index (χ4n) is 1.05. The lowest BCUT2D eigenvalue weighted by Gasteiger charge is -2.13. The van der Waals surface area contributed by atoms with Gasteiger partial charge in [0.1, 0.15) is 0 Å². The van der Waals surface area contributed by atoms with Gasteiger partial charge in [0.25, 0.3) is 0 Å². The number of urea groups is 1. The topological polar surface area (TPSA) is 47.4 Å². The van der Waals surface area contributed by atoms with Crippen LogP contribution in [0.15, 0.2) is 0 Å². The van der Waals surface area contributed by atoms with E-state index in [0.717, 1.165) is 13.1 Å². The second-order valence-electron chi connectivity index (χ2n) is 2.44. The van der Waals surface area contributed by atoms with Crippen molar-refractivity contribution in [2.24, 2.45) is 0 Å². The number of nitrogens with one attached hydrogen (secondary N) is 1. The van der Waals surface area contributed by atoms with Crippen LogP contribution in [0.1, 0.15) is 0 Å². The smallest absolute Gasteiger partial charge is 0.319 e. The van der Waals surface area contributed by atoms with Crippen molar-refractivity contribution in [3.05, 3.63) is 0 Å². The standard InChI is InChI=1S/C6H12N3O/c1-8-4-5-9(3-2-7)6(8)10/h7H,2-5H2,1H3. The summed E-state index contributed by atoms with van der Waals surface area (Å²) in [6.07, 6.45) is 0. The maximum Gasteiger partial charge on any atom is 0.319 e. The van der Waals surface area contributed by atoms with Crippen LogP contribution in [0, 0.1) is 0 Å². The Balaban J connectivity index is 2.41. The van der Waals surface area contributed by atoms with Gasteiger partial charge in [-0.25, -0.2) is 4.79 Å². The van der Waals surface area contributed by atoms with Crippen molar-refractivity contribution >= 4 is 6.03 Å². The molecule has 0 aromatic heterocycles. The first-order valence-electron chi connectivity index (χ1n) is 3.40. The maximum absolute atomic E-state index is 11.1. The van der Waals surface area contributed by atoms with Gasteiger partial charge in [-0.1, -0.05) is 0 Å². The minimum atomic E-state index is 0.0623. The van der Waals surface area contributed by atoms with Crippen LogP contribution in [0.25, 0.3) is 0 Å². The summed E-state index contributed by atoms with van der Waals surface area (Å²) in [6.45, 7) is 2.47. The van der Waals surface area contributed by atoms with Gasteiger partial charge in [0.15, 0.2) is 0 Å². The van der Waals surface area contributed by atoms with Gasteiger partial charge in [-0.2, -0.15) is 0 Å². The number of hydrogen-bond acceptors (Lipinski definition) is 1. The summed E-state index contributed by atoms with van der Waals surface area (Å²) in [5, 5.41) is 0. The third kappa shape index (κ3) is 1.21. The molecule has 0 spiro atoms. The maximum atomic E-state index is 11.1. The second kappa shape index (κ2) is 2.88. The van der Waals surface area contributed by atoms with Crippen molar-refractivity contribution in [2.45, 2.75) is 0 Å². The highest BCUT2D eigenvalue weighted by molar-refractivity contribution is 5.76. The largest absolute Gasteiger partial charge is 0.326 e. The molecule has 1 radical (unpaired) electrons. The van der Waals surface area contributed by atoms with E-state index in [0.29, 0.717) is 13.1 Å². The van der Waals surface area contributed by atoms with Crippen molar-refractivity contribution in [3.8, 4) is 0 Å². The lowest BCUT2D eigenvalue weighted by Crippen LogP contribution is -2.31. The van der Waals surface area contributed by atoms with Gasteiger partial charge < -0.3 is 9.80 Å². The lowest BCUT2D eigenvalue weighted by molar-refractivity contribution is 0.199. The number of carbonyl (C=O) groups excluding carboxylic acids is 1. The Bertz CT molecular complexity index is 135. The highest BCUT2D eigenvalue weighted by Gasteiger charge is 2.23. The van der Waals surface area contributed by atoms with E-state index >= 15 is 0 Å². The Morgan fingerprint density at radius 2 is 2.30 bits per heavy atom. The molecule has 1 saturated heterocycles. The van der Waals surface area contributed by atoms with E-state index in [1.165, 1.54) is 0 Å². The van der Waals surface area contributed by atoms with Crippen molar-refractivity contribution in [1.29, 1.82) is 0 Å². The third-order valence-electron chi connectivity index (χ3n) is 1.68. The molecule has 1 fully saturated rings. The molecule has 1 rings (SSSR count). The summed E-state index contributed by atoms with van der Waals surface area (Å²) >= 11 is 0. The summed E-state index contributed by atoms with van der Waals surface area (Å²) in [7, 11) is 1.78. The highest BCUT2D eigenvalue weighted by atomic mass is 16.2. The average molecular weight is 142 g/mol. The SMILES string of the molecule is CN1CCN(CC[NH])C1=O. The van der Waals surface area contributed by atoms with E-state index in [9.17, 15) is 4.79 Å². The molecule has 0 atom stereocenters. The molecule has 0 unspecified atom stereocenters. The van der Waals surface area contributed by atoms with Crippen LogP contribution in [0.2, 0.25) is 0 Å². The molecule has 1 aliphatic heterocycles. The van der Waals surface area contributed by atoms with Crippen molar-refractivity contribution < 1.29 is 4.79 Å². The Kier molecular flexibility index (Phi) is 2.11. The molecule has 0 aromatic rings. The van der Waals surface area contributed by atoms with Crippen LogP contribution in [0.5, 0.6) is 0 Å². The number of likely N-dealkylation sites (N-methyl/N-ethyl adjacent to an activating group) is 1.